The van der Waals surface area contributed by atoms with Crippen molar-refractivity contribution in [2.24, 2.45) is 0 Å². The number of benzene rings is 1. The molecule has 1 atom stereocenters. The van der Waals surface area contributed by atoms with E-state index in [1.165, 1.54) is 18.3 Å². The maximum Gasteiger partial charge on any atom is 0.418 e. The lowest BCUT2D eigenvalue weighted by atomic mass is 9.97. The predicted octanol–water partition coefficient (Wildman–Crippen LogP) is 4.43. The number of hydrogen-bond acceptors (Lipinski definition) is 4. The molecule has 0 aliphatic rings. The molecule has 1 N–H and O–H groups in total. The molecule has 2 heterocycles. The van der Waals surface area contributed by atoms with E-state index in [9.17, 15) is 31.1 Å². The fourth-order valence-electron chi connectivity index (χ4n) is 2.69. The lowest BCUT2D eigenvalue weighted by Crippen LogP contribution is -2.32. The van der Waals surface area contributed by atoms with Gasteiger partial charge in [-0.2, -0.15) is 31.4 Å². The summed E-state index contributed by atoms with van der Waals surface area (Å²) in [5.74, 6) is -0.869. The largest absolute Gasteiger partial charge is 0.418 e. The SMILES string of the molecule is O=C(N[C@@H](c1ccc(C(F)(F)F)cc1)c1ncccc1C(F)(F)F)c1cccnn1. The molecular weight excluding hydrogens is 414 g/mol. The zero-order valence-electron chi connectivity index (χ0n) is 14.9. The van der Waals surface area contributed by atoms with Crippen molar-refractivity contribution >= 4 is 5.91 Å². The Bertz CT molecular complexity index is 1020. The van der Waals surface area contributed by atoms with Gasteiger partial charge in [0, 0.05) is 12.4 Å². The molecule has 1 aromatic carbocycles. The minimum atomic E-state index is -4.80. The second-order valence-electron chi connectivity index (χ2n) is 6.07. The van der Waals surface area contributed by atoms with E-state index in [0.717, 1.165) is 30.5 Å². The highest BCUT2D eigenvalue weighted by molar-refractivity contribution is 5.92. The molecule has 0 fully saturated rings. The van der Waals surface area contributed by atoms with Gasteiger partial charge < -0.3 is 5.32 Å². The number of pyridine rings is 1. The van der Waals surface area contributed by atoms with E-state index >= 15 is 0 Å². The maximum atomic E-state index is 13.5. The summed E-state index contributed by atoms with van der Waals surface area (Å²) in [6.07, 6.45) is -7.04. The molecule has 3 rings (SSSR count). The van der Waals surface area contributed by atoms with E-state index < -0.39 is 41.1 Å². The first-order valence-electron chi connectivity index (χ1n) is 8.35. The average molecular weight is 426 g/mol. The van der Waals surface area contributed by atoms with Crippen LogP contribution in [0.5, 0.6) is 0 Å². The molecule has 0 spiro atoms. The first-order valence-corrected chi connectivity index (χ1v) is 8.35. The van der Waals surface area contributed by atoms with Crippen molar-refractivity contribution in [3.63, 3.8) is 0 Å². The van der Waals surface area contributed by atoms with E-state index in [1.54, 1.807) is 0 Å². The number of halogens is 6. The summed E-state index contributed by atoms with van der Waals surface area (Å²) in [5, 5.41) is 9.46. The summed E-state index contributed by atoms with van der Waals surface area (Å²) in [4.78, 5) is 16.2. The standard InChI is InChI=1S/C19H12F6N4O/c20-18(21,22)12-7-5-11(6-8-12)15(28-17(30)14-4-2-10-27-29-14)16-13(19(23,24)25)3-1-9-26-16/h1-10,15H,(H,28,30)/t15-/m0/s1. The fourth-order valence-corrected chi connectivity index (χ4v) is 2.69. The minimum Gasteiger partial charge on any atom is -0.338 e. The molecule has 0 aliphatic carbocycles. The Morgan fingerprint density at radius 1 is 0.867 bits per heavy atom. The van der Waals surface area contributed by atoms with Gasteiger partial charge >= 0.3 is 12.4 Å². The Kier molecular flexibility index (Phi) is 5.72. The first kappa shape index (κ1) is 21.2. The van der Waals surface area contributed by atoms with E-state index in [-0.39, 0.29) is 11.3 Å². The molecule has 0 unspecified atom stereocenters. The van der Waals surface area contributed by atoms with E-state index in [2.05, 4.69) is 20.5 Å². The predicted molar refractivity (Wildman–Crippen MR) is 92.0 cm³/mol. The van der Waals surface area contributed by atoms with Crippen LogP contribution in [0.1, 0.15) is 38.9 Å². The molecule has 0 saturated heterocycles. The Morgan fingerprint density at radius 3 is 2.10 bits per heavy atom. The summed E-state index contributed by atoms with van der Waals surface area (Å²) in [6, 6.07) is 6.44. The van der Waals surface area contributed by atoms with Gasteiger partial charge in [0.05, 0.1) is 22.9 Å². The van der Waals surface area contributed by atoms with Gasteiger partial charge in [-0.25, -0.2) is 0 Å². The Labute approximate surface area is 165 Å². The van der Waals surface area contributed by atoms with Crippen LogP contribution in [-0.4, -0.2) is 21.1 Å². The highest BCUT2D eigenvalue weighted by Gasteiger charge is 2.37. The van der Waals surface area contributed by atoms with Crippen molar-refractivity contribution in [1.29, 1.82) is 0 Å². The van der Waals surface area contributed by atoms with Crippen molar-refractivity contribution in [1.82, 2.24) is 20.5 Å². The number of alkyl halides is 6. The van der Waals surface area contributed by atoms with Crippen LogP contribution < -0.4 is 5.32 Å². The summed E-state index contributed by atoms with van der Waals surface area (Å²) in [6.45, 7) is 0. The van der Waals surface area contributed by atoms with Gasteiger partial charge in [-0.1, -0.05) is 12.1 Å². The van der Waals surface area contributed by atoms with Crippen LogP contribution >= 0.6 is 0 Å². The summed E-state index contributed by atoms with van der Waals surface area (Å²) >= 11 is 0. The second-order valence-corrected chi connectivity index (χ2v) is 6.07. The molecule has 1 amide bonds. The molecule has 0 saturated carbocycles. The molecule has 2 aromatic heterocycles. The topological polar surface area (TPSA) is 67.8 Å². The van der Waals surface area contributed by atoms with Crippen LogP contribution in [0, 0.1) is 0 Å². The molecule has 0 bridgehead atoms. The third-order valence-electron chi connectivity index (χ3n) is 4.07. The van der Waals surface area contributed by atoms with Crippen LogP contribution in [0.25, 0.3) is 0 Å². The van der Waals surface area contributed by atoms with Crippen LogP contribution in [-0.2, 0) is 12.4 Å². The monoisotopic (exact) mass is 426 g/mol. The summed E-state index contributed by atoms with van der Waals surface area (Å²) in [5.41, 5.74) is -2.89. The van der Waals surface area contributed by atoms with Gasteiger partial charge in [0.25, 0.3) is 5.91 Å². The Hall–Kier alpha value is -3.50. The number of amides is 1. The first-order chi connectivity index (χ1) is 14.1. The molecule has 30 heavy (non-hydrogen) atoms. The molecule has 11 heteroatoms. The van der Waals surface area contributed by atoms with Crippen LogP contribution in [0.15, 0.2) is 60.9 Å². The zero-order valence-corrected chi connectivity index (χ0v) is 14.9. The fraction of sp³-hybridized carbons (Fsp3) is 0.158. The van der Waals surface area contributed by atoms with Gasteiger partial charge in [0.1, 0.15) is 0 Å². The van der Waals surface area contributed by atoms with Crippen molar-refractivity contribution in [3.8, 4) is 0 Å². The van der Waals surface area contributed by atoms with Crippen LogP contribution in [0.3, 0.4) is 0 Å². The normalized spacial score (nSPS) is 13.0. The average Bonchev–Trinajstić information content (AvgIpc) is 2.71. The van der Waals surface area contributed by atoms with Gasteiger partial charge in [-0.3, -0.25) is 9.78 Å². The van der Waals surface area contributed by atoms with E-state index in [4.69, 9.17) is 0 Å². The summed E-state index contributed by atoms with van der Waals surface area (Å²) in [7, 11) is 0. The summed E-state index contributed by atoms with van der Waals surface area (Å²) < 4.78 is 79.0. The third-order valence-corrected chi connectivity index (χ3v) is 4.07. The number of nitrogens with zero attached hydrogens (tertiary/aromatic N) is 3. The number of carbonyl (C=O) groups excluding carboxylic acids is 1. The molecular formula is C19H12F6N4O. The number of hydrogen-bond donors (Lipinski definition) is 1. The van der Waals surface area contributed by atoms with E-state index in [0.29, 0.717) is 12.1 Å². The highest BCUT2D eigenvalue weighted by Crippen LogP contribution is 2.36. The van der Waals surface area contributed by atoms with Gasteiger partial charge in [-0.05, 0) is 42.0 Å². The second kappa shape index (κ2) is 8.09. The molecule has 0 aliphatic heterocycles. The number of rotatable bonds is 4. The molecule has 156 valence electrons. The van der Waals surface area contributed by atoms with Gasteiger partial charge in [-0.15, -0.1) is 5.10 Å². The van der Waals surface area contributed by atoms with Crippen LogP contribution in [0.2, 0.25) is 0 Å². The number of nitrogens with one attached hydrogen (secondary N) is 1. The highest BCUT2D eigenvalue weighted by atomic mass is 19.4. The van der Waals surface area contributed by atoms with Gasteiger partial charge in [0.2, 0.25) is 0 Å². The van der Waals surface area contributed by atoms with Crippen molar-refractivity contribution in [2.75, 3.05) is 0 Å². The number of carbonyl (C=O) groups is 1. The third kappa shape index (κ3) is 4.73. The lowest BCUT2D eigenvalue weighted by Gasteiger charge is -2.22. The quantitative estimate of drug-likeness (QED) is 0.627. The molecule has 5 nitrogen and oxygen atoms in total. The van der Waals surface area contributed by atoms with Gasteiger partial charge in [0.15, 0.2) is 5.69 Å². The van der Waals surface area contributed by atoms with Crippen molar-refractivity contribution < 1.29 is 31.1 Å². The van der Waals surface area contributed by atoms with Crippen molar-refractivity contribution in [3.05, 3.63) is 89.0 Å². The maximum absolute atomic E-state index is 13.5. The Morgan fingerprint density at radius 2 is 1.53 bits per heavy atom. The Balaban J connectivity index is 2.07. The van der Waals surface area contributed by atoms with E-state index in [1.807, 2.05) is 0 Å². The minimum absolute atomic E-state index is 0.0237. The zero-order chi connectivity index (χ0) is 21.9. The smallest absolute Gasteiger partial charge is 0.338 e. The van der Waals surface area contributed by atoms with Crippen molar-refractivity contribution in [2.45, 2.75) is 18.4 Å². The lowest BCUT2D eigenvalue weighted by molar-refractivity contribution is -0.139. The molecule has 3 aromatic rings. The van der Waals surface area contributed by atoms with Crippen LogP contribution in [0.4, 0.5) is 26.3 Å². The number of aromatic nitrogens is 3. The molecule has 0 radical (unpaired) electrons.